The molecule has 0 amide bonds. The van der Waals surface area contributed by atoms with Crippen LogP contribution >= 0.6 is 15.9 Å². The third-order valence-electron chi connectivity index (χ3n) is 2.73. The number of nitrogen functional groups attached to an aromatic ring is 1. The van der Waals surface area contributed by atoms with Gasteiger partial charge in [0.05, 0.1) is 4.47 Å². The van der Waals surface area contributed by atoms with Crippen LogP contribution in [-0.4, -0.2) is 5.78 Å². The van der Waals surface area contributed by atoms with E-state index in [1.165, 1.54) is 12.1 Å². The minimum Gasteiger partial charge on any atom is -0.399 e. The van der Waals surface area contributed by atoms with Crippen molar-refractivity contribution in [3.8, 4) is 0 Å². The molecule has 0 spiro atoms. The van der Waals surface area contributed by atoms with Crippen LogP contribution in [0.15, 0.2) is 40.9 Å². The average molecular weight is 308 g/mol. The largest absolute Gasteiger partial charge is 0.399 e. The first-order valence-electron chi connectivity index (χ1n) is 5.35. The lowest BCUT2D eigenvalue weighted by Crippen LogP contribution is -2.04. The molecule has 0 fully saturated rings. The zero-order chi connectivity index (χ0) is 13.3. The monoisotopic (exact) mass is 307 g/mol. The fourth-order valence-electron chi connectivity index (χ4n) is 1.65. The van der Waals surface area contributed by atoms with Crippen molar-refractivity contribution in [3.05, 3.63) is 63.4 Å². The van der Waals surface area contributed by atoms with Gasteiger partial charge in [-0.3, -0.25) is 4.79 Å². The Labute approximate surface area is 113 Å². The fraction of sp³-hybridized carbons (Fsp3) is 0.0714. The van der Waals surface area contributed by atoms with Crippen LogP contribution in [0.2, 0.25) is 0 Å². The highest BCUT2D eigenvalue weighted by Crippen LogP contribution is 2.24. The molecule has 0 unspecified atom stereocenters. The number of carbonyl (C=O) groups is 1. The smallest absolute Gasteiger partial charge is 0.194 e. The zero-order valence-corrected chi connectivity index (χ0v) is 11.3. The van der Waals surface area contributed by atoms with Crippen LogP contribution in [0.1, 0.15) is 21.5 Å². The van der Waals surface area contributed by atoms with Gasteiger partial charge in [-0.2, -0.15) is 0 Å². The summed E-state index contributed by atoms with van der Waals surface area (Å²) in [6, 6.07) is 9.42. The summed E-state index contributed by atoms with van der Waals surface area (Å²) in [5.74, 6) is -0.683. The predicted octanol–water partition coefficient (Wildman–Crippen LogP) is 3.71. The van der Waals surface area contributed by atoms with Crippen LogP contribution in [0.5, 0.6) is 0 Å². The number of nitrogens with two attached hydrogens (primary N) is 1. The maximum atomic E-state index is 13.4. The predicted molar refractivity (Wildman–Crippen MR) is 73.1 cm³/mol. The summed E-state index contributed by atoms with van der Waals surface area (Å²) in [6.45, 7) is 1.83. The SMILES string of the molecule is Cc1cc(C(=O)c2cccc(F)c2Br)ccc1N. The second-order valence-corrected chi connectivity index (χ2v) is 4.79. The molecular formula is C14H11BrFNO. The molecular weight excluding hydrogens is 297 g/mol. The quantitative estimate of drug-likeness (QED) is 0.679. The molecule has 4 heteroatoms. The summed E-state index contributed by atoms with van der Waals surface area (Å²) >= 11 is 3.09. The Morgan fingerprint density at radius 3 is 2.67 bits per heavy atom. The minimum absolute atomic E-state index is 0.185. The number of ketones is 1. The van der Waals surface area contributed by atoms with Gasteiger partial charge < -0.3 is 5.73 Å². The Morgan fingerprint density at radius 2 is 2.00 bits per heavy atom. The first-order chi connectivity index (χ1) is 8.50. The van der Waals surface area contributed by atoms with Gasteiger partial charge in [0.15, 0.2) is 5.78 Å². The molecule has 2 nitrogen and oxygen atoms in total. The number of carbonyl (C=O) groups excluding carboxylic acids is 1. The lowest BCUT2D eigenvalue weighted by molar-refractivity contribution is 0.103. The molecule has 0 aliphatic rings. The number of hydrogen-bond donors (Lipinski definition) is 1. The van der Waals surface area contributed by atoms with Gasteiger partial charge in [-0.25, -0.2) is 4.39 Å². The van der Waals surface area contributed by atoms with E-state index in [1.54, 1.807) is 24.3 Å². The van der Waals surface area contributed by atoms with Gasteiger partial charge in [-0.05, 0) is 58.7 Å². The van der Waals surface area contributed by atoms with Crippen LogP contribution < -0.4 is 5.73 Å². The second kappa shape index (κ2) is 4.90. The molecule has 2 N–H and O–H groups in total. The second-order valence-electron chi connectivity index (χ2n) is 4.00. The van der Waals surface area contributed by atoms with Crippen molar-refractivity contribution in [1.82, 2.24) is 0 Å². The van der Waals surface area contributed by atoms with Crippen molar-refractivity contribution < 1.29 is 9.18 Å². The molecule has 2 aromatic carbocycles. The number of halogens is 2. The van der Waals surface area contributed by atoms with Crippen LogP contribution in [0.25, 0.3) is 0 Å². The van der Waals surface area contributed by atoms with Gasteiger partial charge in [0.1, 0.15) is 5.82 Å². The molecule has 0 saturated heterocycles. The van der Waals surface area contributed by atoms with Gasteiger partial charge >= 0.3 is 0 Å². The average Bonchev–Trinajstić information content (AvgIpc) is 2.35. The van der Waals surface area contributed by atoms with E-state index in [0.717, 1.165) is 5.56 Å². The Balaban J connectivity index is 2.48. The van der Waals surface area contributed by atoms with E-state index in [2.05, 4.69) is 15.9 Å². The normalized spacial score (nSPS) is 10.4. The van der Waals surface area contributed by atoms with Crippen LogP contribution in [-0.2, 0) is 0 Å². The Morgan fingerprint density at radius 1 is 1.28 bits per heavy atom. The number of anilines is 1. The molecule has 2 rings (SSSR count). The van der Waals surface area contributed by atoms with E-state index in [9.17, 15) is 9.18 Å². The molecule has 0 saturated carbocycles. The Bertz CT molecular complexity index is 625. The van der Waals surface area contributed by atoms with Crippen LogP contribution in [0.4, 0.5) is 10.1 Å². The minimum atomic E-state index is -0.451. The molecule has 0 aliphatic heterocycles. The summed E-state index contributed by atoms with van der Waals surface area (Å²) in [7, 11) is 0. The molecule has 0 atom stereocenters. The van der Waals surface area contributed by atoms with Crippen molar-refractivity contribution in [1.29, 1.82) is 0 Å². The van der Waals surface area contributed by atoms with Crippen molar-refractivity contribution in [2.45, 2.75) is 6.92 Å². The first kappa shape index (κ1) is 12.8. The van der Waals surface area contributed by atoms with E-state index in [1.807, 2.05) is 6.92 Å². The van der Waals surface area contributed by atoms with Crippen molar-refractivity contribution in [2.75, 3.05) is 5.73 Å². The fourth-order valence-corrected chi connectivity index (χ4v) is 2.10. The van der Waals surface area contributed by atoms with E-state index in [4.69, 9.17) is 5.73 Å². The highest BCUT2D eigenvalue weighted by atomic mass is 79.9. The topological polar surface area (TPSA) is 43.1 Å². The summed E-state index contributed by atoms with van der Waals surface area (Å²) in [5, 5.41) is 0. The Kier molecular flexibility index (Phi) is 3.48. The van der Waals surface area contributed by atoms with Gasteiger partial charge in [-0.15, -0.1) is 0 Å². The van der Waals surface area contributed by atoms with Crippen LogP contribution in [0.3, 0.4) is 0 Å². The number of hydrogen-bond acceptors (Lipinski definition) is 2. The van der Waals surface area contributed by atoms with E-state index in [0.29, 0.717) is 16.8 Å². The lowest BCUT2D eigenvalue weighted by Gasteiger charge is -2.06. The maximum absolute atomic E-state index is 13.4. The van der Waals surface area contributed by atoms with Gasteiger partial charge in [0.2, 0.25) is 0 Å². The lowest BCUT2D eigenvalue weighted by atomic mass is 10.0. The molecule has 0 aliphatic carbocycles. The summed E-state index contributed by atoms with van der Waals surface area (Å²) in [6.07, 6.45) is 0. The zero-order valence-electron chi connectivity index (χ0n) is 9.71. The first-order valence-corrected chi connectivity index (χ1v) is 6.15. The molecule has 92 valence electrons. The highest BCUT2D eigenvalue weighted by Gasteiger charge is 2.15. The third-order valence-corrected chi connectivity index (χ3v) is 3.53. The van der Waals surface area contributed by atoms with E-state index < -0.39 is 5.82 Å². The molecule has 2 aromatic rings. The molecule has 0 heterocycles. The number of aryl methyl sites for hydroxylation is 1. The number of benzene rings is 2. The van der Waals surface area contributed by atoms with Gasteiger partial charge in [0, 0.05) is 16.8 Å². The van der Waals surface area contributed by atoms with E-state index >= 15 is 0 Å². The standard InChI is InChI=1S/C14H11BrFNO/c1-8-7-9(5-6-12(8)17)14(18)10-3-2-4-11(16)13(10)15/h2-7H,17H2,1H3. The molecule has 0 radical (unpaired) electrons. The summed E-state index contributed by atoms with van der Waals surface area (Å²) < 4.78 is 13.6. The van der Waals surface area contributed by atoms with Crippen molar-refractivity contribution >= 4 is 27.4 Å². The summed E-state index contributed by atoms with van der Waals surface area (Å²) in [4.78, 5) is 12.2. The van der Waals surface area contributed by atoms with Crippen molar-refractivity contribution in [2.24, 2.45) is 0 Å². The molecule has 0 bridgehead atoms. The van der Waals surface area contributed by atoms with Gasteiger partial charge in [-0.1, -0.05) is 6.07 Å². The highest BCUT2D eigenvalue weighted by molar-refractivity contribution is 9.10. The van der Waals surface area contributed by atoms with Crippen molar-refractivity contribution in [3.63, 3.8) is 0 Å². The maximum Gasteiger partial charge on any atom is 0.194 e. The molecule has 18 heavy (non-hydrogen) atoms. The molecule has 0 aromatic heterocycles. The third kappa shape index (κ3) is 2.29. The van der Waals surface area contributed by atoms with E-state index in [-0.39, 0.29) is 10.3 Å². The van der Waals surface area contributed by atoms with Gasteiger partial charge in [0.25, 0.3) is 0 Å². The number of rotatable bonds is 2. The summed E-state index contributed by atoms with van der Waals surface area (Å²) in [5.41, 5.74) is 7.96. The Hall–Kier alpha value is -1.68. The van der Waals surface area contributed by atoms with Crippen LogP contribution in [0, 0.1) is 12.7 Å².